The highest BCUT2D eigenvalue weighted by Gasteiger charge is 2.66. The van der Waals surface area contributed by atoms with Crippen LogP contribution in [-0.4, -0.2) is 41.4 Å². The van der Waals surface area contributed by atoms with Gasteiger partial charge in [-0.05, 0) is 56.7 Å². The molecule has 1 aromatic carbocycles. The summed E-state index contributed by atoms with van der Waals surface area (Å²) < 4.78 is 5.47. The molecular formula is C18H23Cl2NO3. The van der Waals surface area contributed by atoms with Crippen molar-refractivity contribution in [3.63, 3.8) is 0 Å². The molecule has 3 rings (SSSR count). The van der Waals surface area contributed by atoms with Crippen LogP contribution in [0.25, 0.3) is 0 Å². The van der Waals surface area contributed by atoms with Gasteiger partial charge < -0.3 is 14.7 Å². The normalized spacial score (nSPS) is 29.2. The first-order valence-electron chi connectivity index (χ1n) is 8.23. The van der Waals surface area contributed by atoms with Crippen molar-refractivity contribution in [2.75, 3.05) is 19.7 Å². The molecule has 4 nitrogen and oxygen atoms in total. The second-order valence-corrected chi connectivity index (χ2v) is 8.57. The molecule has 24 heavy (non-hydrogen) atoms. The number of benzene rings is 1. The predicted molar refractivity (Wildman–Crippen MR) is 94.6 cm³/mol. The molecule has 1 aliphatic carbocycles. The van der Waals surface area contributed by atoms with E-state index < -0.39 is 5.60 Å². The van der Waals surface area contributed by atoms with Crippen molar-refractivity contribution < 1.29 is 14.6 Å². The number of hydrogen-bond acceptors (Lipinski definition) is 3. The van der Waals surface area contributed by atoms with Crippen LogP contribution < -0.4 is 0 Å². The van der Waals surface area contributed by atoms with E-state index in [1.54, 1.807) is 11.0 Å². The molecule has 132 valence electrons. The molecule has 0 spiro atoms. The Morgan fingerprint density at radius 2 is 2.04 bits per heavy atom. The molecule has 0 aromatic heterocycles. The van der Waals surface area contributed by atoms with Crippen LogP contribution in [0.2, 0.25) is 10.0 Å². The highest BCUT2D eigenvalue weighted by molar-refractivity contribution is 6.42. The van der Waals surface area contributed by atoms with Crippen LogP contribution in [-0.2, 0) is 10.2 Å². The molecule has 3 atom stereocenters. The van der Waals surface area contributed by atoms with Crippen molar-refractivity contribution in [3.05, 3.63) is 33.8 Å². The highest BCUT2D eigenvalue weighted by Crippen LogP contribution is 2.63. The van der Waals surface area contributed by atoms with Crippen LogP contribution in [0.5, 0.6) is 0 Å². The van der Waals surface area contributed by atoms with Gasteiger partial charge in [-0.1, -0.05) is 29.3 Å². The number of aliphatic hydroxyl groups is 1. The van der Waals surface area contributed by atoms with Crippen LogP contribution in [0, 0.1) is 11.8 Å². The van der Waals surface area contributed by atoms with E-state index in [0.29, 0.717) is 29.1 Å². The zero-order valence-corrected chi connectivity index (χ0v) is 15.7. The van der Waals surface area contributed by atoms with Gasteiger partial charge in [0.15, 0.2) is 0 Å². The Labute approximate surface area is 152 Å². The van der Waals surface area contributed by atoms with Crippen LogP contribution in [0.1, 0.15) is 32.8 Å². The van der Waals surface area contributed by atoms with Gasteiger partial charge in [0, 0.05) is 18.5 Å². The van der Waals surface area contributed by atoms with Crippen LogP contribution in [0.3, 0.4) is 0 Å². The summed E-state index contributed by atoms with van der Waals surface area (Å²) >= 11 is 12.2. The van der Waals surface area contributed by atoms with E-state index in [1.165, 1.54) is 0 Å². The number of carbonyl (C=O) groups excluding carboxylic acids is 1. The SMILES string of the molecule is CC(C)(C)OC(=O)N1CCC2C(C1)[C@]2(CO)c1ccc(Cl)c(Cl)c1. The molecule has 1 aliphatic heterocycles. The lowest BCUT2D eigenvalue weighted by Crippen LogP contribution is -2.40. The first-order valence-corrected chi connectivity index (χ1v) is 8.99. The molecule has 1 heterocycles. The van der Waals surface area contributed by atoms with Crippen LogP contribution in [0.4, 0.5) is 4.79 Å². The Kier molecular flexibility index (Phi) is 4.52. The third kappa shape index (κ3) is 3.00. The first kappa shape index (κ1) is 17.8. The molecule has 0 bridgehead atoms. The van der Waals surface area contributed by atoms with E-state index in [9.17, 15) is 9.90 Å². The van der Waals surface area contributed by atoms with E-state index in [2.05, 4.69) is 0 Å². The number of ether oxygens (including phenoxy) is 1. The van der Waals surface area contributed by atoms with Gasteiger partial charge in [-0.2, -0.15) is 0 Å². The van der Waals surface area contributed by atoms with E-state index >= 15 is 0 Å². The smallest absolute Gasteiger partial charge is 0.410 e. The number of halogens is 2. The van der Waals surface area contributed by atoms with Gasteiger partial charge in [0.25, 0.3) is 0 Å². The highest BCUT2D eigenvalue weighted by atomic mass is 35.5. The van der Waals surface area contributed by atoms with Crippen LogP contribution in [0.15, 0.2) is 18.2 Å². The third-order valence-electron chi connectivity index (χ3n) is 5.20. The lowest BCUT2D eigenvalue weighted by atomic mass is 9.92. The van der Waals surface area contributed by atoms with Crippen molar-refractivity contribution in [2.24, 2.45) is 11.8 Å². The summed E-state index contributed by atoms with van der Waals surface area (Å²) in [5.74, 6) is 0.583. The van der Waals surface area contributed by atoms with Gasteiger partial charge in [0.2, 0.25) is 0 Å². The van der Waals surface area contributed by atoms with Crippen LogP contribution >= 0.6 is 23.2 Å². The average molecular weight is 372 g/mol. The Bertz CT molecular complexity index is 658. The standard InChI is InChI=1S/C18H23Cl2NO3/c1-17(2,3)24-16(23)21-7-6-12-13(9-21)18(12,10-22)11-4-5-14(19)15(20)8-11/h4-5,8,12-13,22H,6-7,9-10H2,1-3H3/t12?,13?,18-/m1/s1. The average Bonchev–Trinajstić information content (AvgIpc) is 3.16. The van der Waals surface area contributed by atoms with E-state index in [1.807, 2.05) is 32.9 Å². The number of likely N-dealkylation sites (tertiary alicyclic amines) is 1. The topological polar surface area (TPSA) is 49.8 Å². The summed E-state index contributed by atoms with van der Waals surface area (Å²) in [7, 11) is 0. The molecule has 1 aromatic rings. The number of hydrogen-bond donors (Lipinski definition) is 1. The fourth-order valence-corrected chi connectivity index (χ4v) is 4.31. The largest absolute Gasteiger partial charge is 0.444 e. The molecule has 0 radical (unpaired) electrons. The summed E-state index contributed by atoms with van der Waals surface area (Å²) in [5.41, 5.74) is 0.167. The zero-order valence-electron chi connectivity index (χ0n) is 14.2. The van der Waals surface area contributed by atoms with Crippen molar-refractivity contribution in [1.29, 1.82) is 0 Å². The number of amides is 1. The molecule has 1 saturated heterocycles. The monoisotopic (exact) mass is 371 g/mol. The lowest BCUT2D eigenvalue weighted by molar-refractivity contribution is 0.0206. The fourth-order valence-electron chi connectivity index (χ4n) is 4.01. The second kappa shape index (κ2) is 6.08. The summed E-state index contributed by atoms with van der Waals surface area (Å²) in [6.45, 7) is 6.88. The molecule has 2 unspecified atom stereocenters. The summed E-state index contributed by atoms with van der Waals surface area (Å²) in [5, 5.41) is 11.1. The minimum Gasteiger partial charge on any atom is -0.444 e. The summed E-state index contributed by atoms with van der Waals surface area (Å²) in [6.07, 6.45) is 0.568. The van der Waals surface area contributed by atoms with Gasteiger partial charge in [-0.15, -0.1) is 0 Å². The quantitative estimate of drug-likeness (QED) is 0.850. The van der Waals surface area contributed by atoms with Gasteiger partial charge in [-0.3, -0.25) is 0 Å². The maximum absolute atomic E-state index is 12.3. The number of nitrogens with zero attached hydrogens (tertiary/aromatic N) is 1. The zero-order chi connectivity index (χ0) is 17.7. The van der Waals surface area contributed by atoms with E-state index in [0.717, 1.165) is 12.0 Å². The molecule has 1 N–H and O–H groups in total. The Morgan fingerprint density at radius 3 is 2.62 bits per heavy atom. The predicted octanol–water partition coefficient (Wildman–Crippen LogP) is 4.11. The summed E-state index contributed by atoms with van der Waals surface area (Å²) in [4.78, 5) is 14.1. The minimum absolute atomic E-state index is 0.0441. The molecule has 2 aliphatic rings. The lowest BCUT2D eigenvalue weighted by Gasteiger charge is -2.29. The Balaban J connectivity index is 1.78. The molecule has 2 fully saturated rings. The van der Waals surface area contributed by atoms with Gasteiger partial charge in [-0.25, -0.2) is 4.79 Å². The molecule has 6 heteroatoms. The number of fused-ring (bicyclic) bond motifs is 1. The van der Waals surface area contributed by atoms with Crippen molar-refractivity contribution in [3.8, 4) is 0 Å². The molecular weight excluding hydrogens is 349 g/mol. The molecule has 1 saturated carbocycles. The Hall–Kier alpha value is -0.970. The van der Waals surface area contributed by atoms with Gasteiger partial charge in [0.05, 0.1) is 16.7 Å². The van der Waals surface area contributed by atoms with Crippen molar-refractivity contribution >= 4 is 29.3 Å². The maximum atomic E-state index is 12.3. The fraction of sp³-hybridized carbons (Fsp3) is 0.611. The number of aliphatic hydroxyl groups excluding tert-OH is 1. The van der Waals surface area contributed by atoms with Crippen molar-refractivity contribution in [1.82, 2.24) is 4.90 Å². The maximum Gasteiger partial charge on any atom is 0.410 e. The first-order chi connectivity index (χ1) is 11.2. The summed E-state index contributed by atoms with van der Waals surface area (Å²) in [6, 6.07) is 5.55. The minimum atomic E-state index is -0.505. The Morgan fingerprint density at radius 1 is 1.33 bits per heavy atom. The second-order valence-electron chi connectivity index (χ2n) is 7.76. The van der Waals surface area contributed by atoms with Gasteiger partial charge >= 0.3 is 6.09 Å². The number of carbonyl (C=O) groups is 1. The third-order valence-corrected chi connectivity index (χ3v) is 5.94. The van der Waals surface area contributed by atoms with Gasteiger partial charge in [0.1, 0.15) is 5.60 Å². The van der Waals surface area contributed by atoms with E-state index in [-0.39, 0.29) is 24.0 Å². The molecule has 1 amide bonds. The number of piperidine rings is 1. The van der Waals surface area contributed by atoms with Crippen molar-refractivity contribution in [2.45, 2.75) is 38.2 Å². The van der Waals surface area contributed by atoms with E-state index in [4.69, 9.17) is 27.9 Å². The number of rotatable bonds is 2.